The lowest BCUT2D eigenvalue weighted by Crippen LogP contribution is -2.21. The monoisotopic (exact) mass is 316 g/mol. The van der Waals surface area contributed by atoms with Crippen LogP contribution in [0.25, 0.3) is 16.9 Å². The van der Waals surface area contributed by atoms with Crippen LogP contribution in [-0.4, -0.2) is 33.5 Å². The first-order valence-corrected chi connectivity index (χ1v) is 6.90. The number of pyridine rings is 2. The van der Waals surface area contributed by atoms with Crippen LogP contribution in [-0.2, 0) is 10.7 Å². The van der Waals surface area contributed by atoms with E-state index in [1.54, 1.807) is 47.7 Å². The first-order valence-electron chi connectivity index (χ1n) is 6.90. The zero-order valence-electron chi connectivity index (χ0n) is 12.4. The first kappa shape index (κ1) is 15.2. The fourth-order valence-electron chi connectivity index (χ4n) is 2.14. The maximum absolute atomic E-state index is 13.9. The zero-order chi connectivity index (χ0) is 16.3. The van der Waals surface area contributed by atoms with Crippen LogP contribution in [0.5, 0.6) is 0 Å². The third-order valence-corrected chi connectivity index (χ3v) is 3.24. The Balaban J connectivity index is 1.93. The van der Waals surface area contributed by atoms with Gasteiger partial charge in [-0.2, -0.15) is 13.9 Å². The first-order chi connectivity index (χ1) is 11.1. The summed E-state index contributed by atoms with van der Waals surface area (Å²) in [7, 11) is 1.23. The summed E-state index contributed by atoms with van der Waals surface area (Å²) in [6.45, 7) is -0.710. The zero-order valence-corrected chi connectivity index (χ0v) is 12.4. The molecule has 3 heterocycles. The average molecular weight is 316 g/mol. The smallest absolute Gasteiger partial charge is 0.312 e. The van der Waals surface area contributed by atoms with Crippen molar-refractivity contribution in [2.75, 3.05) is 13.7 Å². The highest BCUT2D eigenvalue weighted by Gasteiger charge is 2.33. The van der Waals surface area contributed by atoms with Crippen molar-refractivity contribution >= 4 is 0 Å². The third-order valence-electron chi connectivity index (χ3n) is 3.24. The van der Waals surface area contributed by atoms with E-state index in [4.69, 9.17) is 0 Å². The van der Waals surface area contributed by atoms with Crippen molar-refractivity contribution in [2.24, 2.45) is 0 Å². The molecule has 0 aromatic carbocycles. The van der Waals surface area contributed by atoms with E-state index in [1.165, 1.54) is 13.2 Å². The van der Waals surface area contributed by atoms with E-state index in [1.807, 2.05) is 6.07 Å². The van der Waals surface area contributed by atoms with Gasteiger partial charge in [0.2, 0.25) is 0 Å². The van der Waals surface area contributed by atoms with Gasteiger partial charge in [0.25, 0.3) is 0 Å². The van der Waals surface area contributed by atoms with Crippen molar-refractivity contribution in [1.82, 2.24) is 19.7 Å². The molecule has 0 amide bonds. The Bertz CT molecular complexity index is 790. The summed E-state index contributed by atoms with van der Waals surface area (Å²) in [5, 5.41) is 4.22. The molecule has 0 bridgehead atoms. The summed E-state index contributed by atoms with van der Waals surface area (Å²) in [5.41, 5.74) is 1.52. The van der Waals surface area contributed by atoms with Crippen LogP contribution in [0.4, 0.5) is 8.78 Å². The molecule has 0 fully saturated rings. The molecule has 3 aromatic rings. The minimum atomic E-state index is -3.13. The molecule has 0 saturated carbocycles. The third kappa shape index (κ3) is 3.24. The Labute approximate surface area is 131 Å². The summed E-state index contributed by atoms with van der Waals surface area (Å²) in [5.74, 6) is -3.13. The summed E-state index contributed by atoms with van der Waals surface area (Å²) >= 11 is 0. The predicted octanol–water partition coefficient (Wildman–Crippen LogP) is 3.07. The molecule has 0 atom stereocenters. The van der Waals surface area contributed by atoms with Crippen LogP contribution >= 0.6 is 0 Å². The standard InChI is InChI=1S/C16H14F2N4O/c1-23-11-16(17,18)15-6-2-5-14(21-15)12-8-20-22(10-12)13-4-3-7-19-9-13/h2-10H,11H2,1H3. The van der Waals surface area contributed by atoms with Gasteiger partial charge in [-0.1, -0.05) is 6.07 Å². The molecule has 0 spiro atoms. The molecule has 0 aliphatic rings. The average Bonchev–Trinajstić information content (AvgIpc) is 3.06. The summed E-state index contributed by atoms with van der Waals surface area (Å²) in [4.78, 5) is 8.06. The Morgan fingerprint density at radius 1 is 1.17 bits per heavy atom. The second-order valence-corrected chi connectivity index (χ2v) is 4.93. The molecule has 0 N–H and O–H groups in total. The fourth-order valence-corrected chi connectivity index (χ4v) is 2.14. The van der Waals surface area contributed by atoms with Gasteiger partial charge in [0.15, 0.2) is 0 Å². The number of halogens is 2. The number of methoxy groups -OCH3 is 1. The minimum absolute atomic E-state index is 0.328. The number of ether oxygens (including phenoxy) is 1. The molecular weight excluding hydrogens is 302 g/mol. The van der Waals surface area contributed by atoms with Gasteiger partial charge in [0.1, 0.15) is 12.3 Å². The van der Waals surface area contributed by atoms with Crippen molar-refractivity contribution in [3.8, 4) is 16.9 Å². The van der Waals surface area contributed by atoms with Crippen molar-refractivity contribution in [2.45, 2.75) is 5.92 Å². The molecular formula is C16H14F2N4O. The molecule has 0 saturated heterocycles. The molecule has 3 rings (SSSR count). The number of nitrogens with zero attached hydrogens (tertiary/aromatic N) is 4. The molecule has 0 aliphatic carbocycles. The van der Waals surface area contributed by atoms with E-state index in [9.17, 15) is 8.78 Å². The number of alkyl halides is 2. The minimum Gasteiger partial charge on any atom is -0.378 e. The highest BCUT2D eigenvalue weighted by molar-refractivity contribution is 5.58. The maximum atomic E-state index is 13.9. The SMILES string of the molecule is COCC(F)(F)c1cccc(-c2cnn(-c3cccnc3)c2)n1. The van der Waals surface area contributed by atoms with Gasteiger partial charge in [-0.15, -0.1) is 0 Å². The lowest BCUT2D eigenvalue weighted by Gasteiger charge is -2.15. The van der Waals surface area contributed by atoms with E-state index < -0.39 is 12.5 Å². The second-order valence-electron chi connectivity index (χ2n) is 4.93. The summed E-state index contributed by atoms with van der Waals surface area (Å²) in [6.07, 6.45) is 6.62. The number of hydrogen-bond acceptors (Lipinski definition) is 4. The Morgan fingerprint density at radius 2 is 2.04 bits per heavy atom. The van der Waals surface area contributed by atoms with E-state index in [2.05, 4.69) is 19.8 Å². The van der Waals surface area contributed by atoms with Gasteiger partial charge in [0, 0.05) is 25.1 Å². The molecule has 7 heteroatoms. The Hall–Kier alpha value is -2.67. The topological polar surface area (TPSA) is 52.8 Å². The lowest BCUT2D eigenvalue weighted by atomic mass is 10.1. The maximum Gasteiger partial charge on any atom is 0.312 e. The van der Waals surface area contributed by atoms with Crippen molar-refractivity contribution in [1.29, 1.82) is 0 Å². The molecule has 0 aliphatic heterocycles. The van der Waals surface area contributed by atoms with Gasteiger partial charge in [-0.25, -0.2) is 9.67 Å². The predicted molar refractivity (Wildman–Crippen MR) is 80.4 cm³/mol. The van der Waals surface area contributed by atoms with E-state index in [0.29, 0.717) is 11.3 Å². The highest BCUT2D eigenvalue weighted by atomic mass is 19.3. The molecule has 0 unspecified atom stereocenters. The van der Waals surface area contributed by atoms with Crippen LogP contribution < -0.4 is 0 Å². The van der Waals surface area contributed by atoms with Gasteiger partial charge in [-0.3, -0.25) is 4.98 Å². The van der Waals surface area contributed by atoms with E-state index in [-0.39, 0.29) is 5.69 Å². The van der Waals surface area contributed by atoms with E-state index >= 15 is 0 Å². The van der Waals surface area contributed by atoms with Crippen LogP contribution in [0.3, 0.4) is 0 Å². The van der Waals surface area contributed by atoms with E-state index in [0.717, 1.165) is 5.69 Å². The molecule has 3 aromatic heterocycles. The van der Waals surface area contributed by atoms with Crippen molar-refractivity contribution < 1.29 is 13.5 Å². The van der Waals surface area contributed by atoms with Crippen LogP contribution in [0.1, 0.15) is 5.69 Å². The van der Waals surface area contributed by atoms with Crippen molar-refractivity contribution in [3.05, 3.63) is 60.8 Å². The van der Waals surface area contributed by atoms with Gasteiger partial charge in [-0.05, 0) is 24.3 Å². The largest absolute Gasteiger partial charge is 0.378 e. The van der Waals surface area contributed by atoms with Crippen molar-refractivity contribution in [3.63, 3.8) is 0 Å². The van der Waals surface area contributed by atoms with Crippen LogP contribution in [0.15, 0.2) is 55.1 Å². The van der Waals surface area contributed by atoms with Gasteiger partial charge in [0.05, 0.1) is 23.8 Å². The lowest BCUT2D eigenvalue weighted by molar-refractivity contribution is -0.0730. The summed E-state index contributed by atoms with van der Waals surface area (Å²) < 4.78 is 34.0. The molecule has 0 radical (unpaired) electrons. The molecule has 118 valence electrons. The highest BCUT2D eigenvalue weighted by Crippen LogP contribution is 2.28. The van der Waals surface area contributed by atoms with Gasteiger partial charge >= 0.3 is 5.92 Å². The quantitative estimate of drug-likeness (QED) is 0.726. The Kier molecular flexibility index (Phi) is 4.12. The molecule has 5 nitrogen and oxygen atoms in total. The number of hydrogen-bond donors (Lipinski definition) is 0. The van der Waals surface area contributed by atoms with Gasteiger partial charge < -0.3 is 4.74 Å². The normalized spacial score (nSPS) is 11.6. The van der Waals surface area contributed by atoms with Crippen LogP contribution in [0, 0.1) is 0 Å². The van der Waals surface area contributed by atoms with Crippen LogP contribution in [0.2, 0.25) is 0 Å². The summed E-state index contributed by atoms with van der Waals surface area (Å²) in [6, 6.07) is 8.13. The number of aromatic nitrogens is 4. The fraction of sp³-hybridized carbons (Fsp3) is 0.188. The number of rotatable bonds is 5. The Morgan fingerprint density at radius 3 is 2.78 bits per heavy atom. The molecule has 23 heavy (non-hydrogen) atoms. The second kappa shape index (κ2) is 6.21.